The van der Waals surface area contributed by atoms with Crippen molar-refractivity contribution < 1.29 is 23.8 Å². The zero-order valence-corrected chi connectivity index (χ0v) is 24.7. The van der Waals surface area contributed by atoms with Crippen molar-refractivity contribution >= 4 is 29.4 Å². The Hall–Kier alpha value is -4.50. The summed E-state index contributed by atoms with van der Waals surface area (Å²) in [6.07, 6.45) is 2.95. The molecule has 0 aliphatic carbocycles. The first-order valence-corrected chi connectivity index (χ1v) is 14.8. The normalized spacial score (nSPS) is 15.1. The standard InChI is InChI=1S/C33H32N2O6S/c1-5-9-25-28(32(39)40-6-2)29(21-14-12-20(13-15-21)19(3)4)35-30(36)27(42-33(35)34-25)18-22-16-17-26(41-22)23-10-7-8-11-24(23)31(37)38/h7-8,10-19,29H,5-6,9H2,1-4H3,(H,37,38)/b27-18-/t29-/m0/s1. The van der Waals surface area contributed by atoms with E-state index in [4.69, 9.17) is 14.1 Å². The quantitative estimate of drug-likeness (QED) is 0.254. The molecular formula is C33H32N2O6S. The van der Waals surface area contributed by atoms with Crippen molar-refractivity contribution in [2.45, 2.75) is 52.5 Å². The van der Waals surface area contributed by atoms with Crippen molar-refractivity contribution in [1.82, 2.24) is 4.57 Å². The monoisotopic (exact) mass is 584 g/mol. The Morgan fingerprint density at radius 3 is 2.50 bits per heavy atom. The van der Waals surface area contributed by atoms with Gasteiger partial charge >= 0.3 is 11.9 Å². The minimum absolute atomic E-state index is 0.121. The van der Waals surface area contributed by atoms with Crippen molar-refractivity contribution in [2.24, 2.45) is 4.99 Å². The number of hydrogen-bond acceptors (Lipinski definition) is 7. The maximum Gasteiger partial charge on any atom is 0.338 e. The number of nitrogens with zero attached hydrogens (tertiary/aromatic N) is 2. The number of thiazole rings is 1. The lowest BCUT2D eigenvalue weighted by Gasteiger charge is -2.26. The molecule has 0 spiro atoms. The lowest BCUT2D eigenvalue weighted by Crippen LogP contribution is -2.40. The molecule has 9 heteroatoms. The van der Waals surface area contributed by atoms with Crippen LogP contribution in [0.25, 0.3) is 17.4 Å². The zero-order chi connectivity index (χ0) is 30.0. The van der Waals surface area contributed by atoms with Crippen LogP contribution < -0.4 is 14.9 Å². The number of aromatic carboxylic acids is 1. The number of aromatic nitrogens is 1. The number of fused-ring (bicyclic) bond motifs is 1. The lowest BCUT2D eigenvalue weighted by molar-refractivity contribution is -0.139. The van der Waals surface area contributed by atoms with Crippen LogP contribution in [0.5, 0.6) is 0 Å². The summed E-state index contributed by atoms with van der Waals surface area (Å²) >= 11 is 1.22. The molecule has 0 radical (unpaired) electrons. The van der Waals surface area contributed by atoms with Crippen LogP contribution in [0.2, 0.25) is 0 Å². The number of rotatable bonds is 9. The van der Waals surface area contributed by atoms with Gasteiger partial charge in [0.05, 0.1) is 34.0 Å². The second-order valence-electron chi connectivity index (χ2n) is 10.3. The molecule has 0 saturated carbocycles. The van der Waals surface area contributed by atoms with E-state index in [0.29, 0.717) is 50.0 Å². The molecule has 0 unspecified atom stereocenters. The minimum atomic E-state index is -1.06. The predicted molar refractivity (Wildman–Crippen MR) is 161 cm³/mol. The van der Waals surface area contributed by atoms with Gasteiger partial charge in [0.15, 0.2) is 4.80 Å². The molecule has 2 aromatic carbocycles. The summed E-state index contributed by atoms with van der Waals surface area (Å²) in [5.74, 6) is -0.433. The molecule has 1 N–H and O–H groups in total. The summed E-state index contributed by atoms with van der Waals surface area (Å²) in [4.78, 5) is 44.3. The highest BCUT2D eigenvalue weighted by Crippen LogP contribution is 2.33. The Labute approximate surface area is 246 Å². The van der Waals surface area contributed by atoms with Gasteiger partial charge in [-0.3, -0.25) is 9.36 Å². The molecule has 2 aromatic heterocycles. The molecule has 42 heavy (non-hydrogen) atoms. The Bertz CT molecular complexity index is 1860. The van der Waals surface area contributed by atoms with Crippen molar-refractivity contribution in [1.29, 1.82) is 0 Å². The highest BCUT2D eigenvalue weighted by Gasteiger charge is 2.34. The van der Waals surface area contributed by atoms with Crippen LogP contribution in [0, 0.1) is 0 Å². The van der Waals surface area contributed by atoms with E-state index in [0.717, 1.165) is 17.5 Å². The maximum atomic E-state index is 14.0. The van der Waals surface area contributed by atoms with Crippen LogP contribution in [-0.4, -0.2) is 28.2 Å². The smallest absolute Gasteiger partial charge is 0.338 e. The molecule has 8 nitrogen and oxygen atoms in total. The minimum Gasteiger partial charge on any atom is -0.478 e. The molecule has 1 aliphatic rings. The van der Waals surface area contributed by atoms with Gasteiger partial charge in [-0.1, -0.05) is 81.0 Å². The third kappa shape index (κ3) is 5.52. The summed E-state index contributed by atoms with van der Waals surface area (Å²) in [5.41, 5.74) is 3.20. The molecule has 1 aliphatic heterocycles. The molecule has 216 valence electrons. The Morgan fingerprint density at radius 1 is 1.10 bits per heavy atom. The molecule has 0 amide bonds. The van der Waals surface area contributed by atoms with E-state index < -0.39 is 18.0 Å². The Balaban J connectivity index is 1.67. The van der Waals surface area contributed by atoms with Gasteiger partial charge in [0.25, 0.3) is 5.56 Å². The van der Waals surface area contributed by atoms with Crippen molar-refractivity contribution in [3.05, 3.63) is 114 Å². The average Bonchev–Trinajstić information content (AvgIpc) is 3.56. The number of benzene rings is 2. The predicted octanol–water partition coefficient (Wildman–Crippen LogP) is 5.66. The van der Waals surface area contributed by atoms with Gasteiger partial charge in [-0.05, 0) is 48.6 Å². The number of ether oxygens (including phenoxy) is 1. The first-order valence-electron chi connectivity index (χ1n) is 14.0. The van der Waals surface area contributed by atoms with Gasteiger partial charge < -0.3 is 14.3 Å². The SMILES string of the molecule is CCCC1=C(C(=O)OCC)[C@H](c2ccc(C(C)C)cc2)n2c(s/c(=C\c3ccc(-c4ccccc4C(=O)O)o3)c2=O)=N1. The van der Waals surface area contributed by atoms with E-state index in [1.165, 1.54) is 17.4 Å². The molecule has 1 atom stereocenters. The van der Waals surface area contributed by atoms with Gasteiger partial charge in [0.2, 0.25) is 0 Å². The number of carboxylic acid groups (broad SMARTS) is 1. The molecule has 5 rings (SSSR count). The lowest BCUT2D eigenvalue weighted by atomic mass is 9.92. The summed E-state index contributed by atoms with van der Waals surface area (Å²) in [6.45, 7) is 8.20. The second-order valence-corrected chi connectivity index (χ2v) is 11.3. The molecule has 0 bridgehead atoms. The zero-order valence-electron chi connectivity index (χ0n) is 23.9. The van der Waals surface area contributed by atoms with Crippen LogP contribution in [0.1, 0.15) is 79.7 Å². The number of carbonyl (C=O) groups is 2. The Morgan fingerprint density at radius 2 is 1.83 bits per heavy atom. The van der Waals surface area contributed by atoms with E-state index in [-0.39, 0.29) is 17.7 Å². The van der Waals surface area contributed by atoms with E-state index in [1.54, 1.807) is 47.9 Å². The van der Waals surface area contributed by atoms with Gasteiger partial charge in [0, 0.05) is 11.6 Å². The number of carbonyl (C=O) groups excluding carboxylic acids is 1. The number of furan rings is 1. The number of hydrogen-bond donors (Lipinski definition) is 1. The second kappa shape index (κ2) is 12.2. The number of carboxylic acids is 1. The first kappa shape index (κ1) is 29.0. The van der Waals surface area contributed by atoms with Crippen LogP contribution in [0.4, 0.5) is 0 Å². The molecular weight excluding hydrogens is 552 g/mol. The van der Waals surface area contributed by atoms with Crippen molar-refractivity contribution in [3.63, 3.8) is 0 Å². The summed E-state index contributed by atoms with van der Waals surface area (Å²) in [5, 5.41) is 9.57. The van der Waals surface area contributed by atoms with Crippen molar-refractivity contribution in [3.8, 4) is 11.3 Å². The fourth-order valence-corrected chi connectivity index (χ4v) is 6.09. The van der Waals surface area contributed by atoms with Crippen LogP contribution >= 0.6 is 11.3 Å². The van der Waals surface area contributed by atoms with E-state index >= 15 is 0 Å². The van der Waals surface area contributed by atoms with E-state index in [2.05, 4.69) is 13.8 Å². The molecule has 0 saturated heterocycles. The molecule has 3 heterocycles. The first-order chi connectivity index (χ1) is 20.2. The summed E-state index contributed by atoms with van der Waals surface area (Å²) in [6, 6.07) is 17.2. The van der Waals surface area contributed by atoms with Gasteiger partial charge in [0.1, 0.15) is 11.5 Å². The third-order valence-corrected chi connectivity index (χ3v) is 8.12. The molecule has 0 fully saturated rings. The van der Waals surface area contributed by atoms with Gasteiger partial charge in [-0.25, -0.2) is 14.6 Å². The average molecular weight is 585 g/mol. The molecule has 4 aromatic rings. The number of esters is 1. The van der Waals surface area contributed by atoms with Crippen LogP contribution in [0.3, 0.4) is 0 Å². The fraction of sp³-hybridized carbons (Fsp3) is 0.273. The Kier molecular flexibility index (Phi) is 8.40. The highest BCUT2D eigenvalue weighted by molar-refractivity contribution is 7.07. The number of allylic oxidation sites excluding steroid dienone is 1. The summed E-state index contributed by atoms with van der Waals surface area (Å²) in [7, 11) is 0. The third-order valence-electron chi connectivity index (χ3n) is 7.13. The van der Waals surface area contributed by atoms with Gasteiger partial charge in [-0.15, -0.1) is 0 Å². The highest BCUT2D eigenvalue weighted by atomic mass is 32.1. The largest absolute Gasteiger partial charge is 0.478 e. The topological polar surface area (TPSA) is 111 Å². The summed E-state index contributed by atoms with van der Waals surface area (Å²) < 4.78 is 13.4. The van der Waals surface area contributed by atoms with E-state index in [1.807, 2.05) is 31.2 Å². The van der Waals surface area contributed by atoms with E-state index in [9.17, 15) is 19.5 Å². The van der Waals surface area contributed by atoms with Gasteiger partial charge in [-0.2, -0.15) is 0 Å². The van der Waals surface area contributed by atoms with Crippen LogP contribution in [-0.2, 0) is 9.53 Å². The fourth-order valence-electron chi connectivity index (χ4n) is 5.09. The van der Waals surface area contributed by atoms with Crippen molar-refractivity contribution in [2.75, 3.05) is 6.61 Å². The van der Waals surface area contributed by atoms with Crippen LogP contribution in [0.15, 0.2) is 86.1 Å². The maximum absolute atomic E-state index is 14.0.